The maximum Gasteiger partial charge on any atom is 0.227 e. The first-order valence-corrected chi connectivity index (χ1v) is 11.7. The highest BCUT2D eigenvalue weighted by Crippen LogP contribution is 2.33. The van der Waals surface area contributed by atoms with Gasteiger partial charge in [0.15, 0.2) is 23.1 Å². The summed E-state index contributed by atoms with van der Waals surface area (Å²) in [5, 5.41) is 3.18. The maximum atomic E-state index is 14.6. The van der Waals surface area contributed by atoms with Crippen molar-refractivity contribution in [3.05, 3.63) is 59.4 Å². The topological polar surface area (TPSA) is 72.0 Å². The predicted octanol–water partition coefficient (Wildman–Crippen LogP) is 4.06. The van der Waals surface area contributed by atoms with E-state index >= 15 is 0 Å². The summed E-state index contributed by atoms with van der Waals surface area (Å²) in [5.41, 5.74) is 2.50. The van der Waals surface area contributed by atoms with Gasteiger partial charge in [0.05, 0.1) is 27.0 Å². The monoisotopic (exact) mass is 499 g/mol. The number of hydrogen-bond acceptors (Lipinski definition) is 8. The van der Waals surface area contributed by atoms with Crippen molar-refractivity contribution in [1.82, 2.24) is 14.9 Å². The molecule has 0 aliphatic carbocycles. The smallest absolute Gasteiger partial charge is 0.227 e. The van der Waals surface area contributed by atoms with Crippen LogP contribution in [0.5, 0.6) is 17.2 Å². The van der Waals surface area contributed by atoms with Crippen LogP contribution in [0.2, 0.25) is 0 Å². The molecule has 1 aliphatic heterocycles. The summed E-state index contributed by atoms with van der Waals surface area (Å²) in [6.07, 6.45) is 3.72. The third-order valence-electron chi connectivity index (χ3n) is 6.31. The molecule has 0 unspecified atom stereocenters. The van der Waals surface area contributed by atoms with Crippen molar-refractivity contribution in [2.45, 2.75) is 12.8 Å². The number of aryl methyl sites for hydroxylation is 1. The molecule has 0 saturated carbocycles. The number of hydrogen-bond donors (Lipinski definition) is 1. The van der Waals surface area contributed by atoms with Crippen molar-refractivity contribution >= 4 is 17.3 Å². The normalized spacial score (nSPS) is 14.0. The molecule has 1 aromatic heterocycles. The molecule has 2 heterocycles. The van der Waals surface area contributed by atoms with E-state index in [1.165, 1.54) is 20.3 Å². The summed E-state index contributed by atoms with van der Waals surface area (Å²) >= 11 is 0. The standard InChI is InChI=1S/C26H31F2N5O3/c1-32-9-11-33(12-10-32)20-8-6-18(13-21(20)34-2)31-26-29-15-17(16-30-26)5-7-19-24(27)22(35-3)14-23(36-4)25(19)28/h6,8,13-16H,5,7,9-12H2,1-4H3,(H,29,30,31). The van der Waals surface area contributed by atoms with E-state index in [0.717, 1.165) is 48.9 Å². The molecule has 4 rings (SSSR count). The molecule has 0 atom stereocenters. The molecule has 2 aromatic carbocycles. The van der Waals surface area contributed by atoms with Crippen molar-refractivity contribution < 1.29 is 23.0 Å². The molecule has 10 heteroatoms. The Morgan fingerprint density at radius 1 is 0.833 bits per heavy atom. The first-order valence-electron chi connectivity index (χ1n) is 11.7. The minimum Gasteiger partial charge on any atom is -0.495 e. The van der Waals surface area contributed by atoms with Crippen LogP contribution in [0.3, 0.4) is 0 Å². The van der Waals surface area contributed by atoms with Crippen LogP contribution in [-0.4, -0.2) is 69.4 Å². The summed E-state index contributed by atoms with van der Waals surface area (Å²) in [7, 11) is 6.44. The molecule has 1 saturated heterocycles. The lowest BCUT2D eigenvalue weighted by atomic mass is 10.0. The number of benzene rings is 2. The van der Waals surface area contributed by atoms with Crippen molar-refractivity contribution in [3.63, 3.8) is 0 Å². The number of rotatable bonds is 9. The molecule has 0 amide bonds. The molecule has 36 heavy (non-hydrogen) atoms. The van der Waals surface area contributed by atoms with E-state index in [2.05, 4.69) is 32.1 Å². The fraction of sp³-hybridized carbons (Fsp3) is 0.385. The molecule has 0 radical (unpaired) electrons. The van der Waals surface area contributed by atoms with E-state index in [1.54, 1.807) is 19.5 Å². The van der Waals surface area contributed by atoms with Crippen LogP contribution in [0.25, 0.3) is 0 Å². The van der Waals surface area contributed by atoms with Gasteiger partial charge in [0, 0.05) is 62.0 Å². The van der Waals surface area contributed by atoms with Crippen molar-refractivity contribution in [2.75, 3.05) is 64.8 Å². The molecule has 192 valence electrons. The Balaban J connectivity index is 1.42. The number of piperazine rings is 1. The van der Waals surface area contributed by atoms with E-state index in [9.17, 15) is 8.78 Å². The summed E-state index contributed by atoms with van der Waals surface area (Å²) in [6.45, 7) is 3.91. The van der Waals surface area contributed by atoms with Crippen LogP contribution >= 0.6 is 0 Å². The minimum absolute atomic E-state index is 0.0619. The lowest BCUT2D eigenvalue weighted by Gasteiger charge is -2.34. The van der Waals surface area contributed by atoms with Crippen LogP contribution in [0.15, 0.2) is 36.7 Å². The summed E-state index contributed by atoms with van der Waals surface area (Å²) in [6, 6.07) is 7.12. The third kappa shape index (κ3) is 5.59. The highest BCUT2D eigenvalue weighted by atomic mass is 19.1. The molecule has 1 aliphatic rings. The van der Waals surface area contributed by atoms with Crippen molar-refractivity contribution in [3.8, 4) is 17.2 Å². The SMILES string of the molecule is COc1cc(Nc2ncc(CCc3c(F)c(OC)cc(OC)c3F)cn2)ccc1N1CCN(C)CC1. The summed E-state index contributed by atoms with van der Waals surface area (Å²) < 4.78 is 44.9. The predicted molar refractivity (Wildman–Crippen MR) is 135 cm³/mol. The Bertz CT molecular complexity index is 1160. The van der Waals surface area contributed by atoms with E-state index in [4.69, 9.17) is 14.2 Å². The molecular formula is C26H31F2N5O3. The van der Waals surface area contributed by atoms with Gasteiger partial charge in [-0.05, 0) is 37.6 Å². The van der Waals surface area contributed by atoms with E-state index < -0.39 is 11.6 Å². The Kier molecular flexibility index (Phi) is 8.04. The van der Waals surface area contributed by atoms with Gasteiger partial charge in [0.2, 0.25) is 5.95 Å². The van der Waals surface area contributed by atoms with E-state index in [1.807, 2.05) is 18.2 Å². The van der Waals surface area contributed by atoms with Crippen molar-refractivity contribution in [1.29, 1.82) is 0 Å². The van der Waals surface area contributed by atoms with Gasteiger partial charge < -0.3 is 29.3 Å². The van der Waals surface area contributed by atoms with Gasteiger partial charge in [0.25, 0.3) is 0 Å². The Morgan fingerprint density at radius 2 is 1.44 bits per heavy atom. The van der Waals surface area contributed by atoms with Crippen molar-refractivity contribution in [2.24, 2.45) is 0 Å². The fourth-order valence-corrected chi connectivity index (χ4v) is 4.17. The van der Waals surface area contributed by atoms with Gasteiger partial charge in [-0.25, -0.2) is 18.7 Å². The zero-order valence-electron chi connectivity index (χ0n) is 21.0. The highest BCUT2D eigenvalue weighted by molar-refractivity contribution is 5.67. The molecule has 8 nitrogen and oxygen atoms in total. The average Bonchev–Trinajstić information content (AvgIpc) is 2.90. The number of methoxy groups -OCH3 is 3. The second-order valence-corrected chi connectivity index (χ2v) is 8.60. The maximum absolute atomic E-state index is 14.6. The first-order chi connectivity index (χ1) is 17.4. The lowest BCUT2D eigenvalue weighted by Crippen LogP contribution is -2.44. The third-order valence-corrected chi connectivity index (χ3v) is 6.31. The van der Waals surface area contributed by atoms with Crippen LogP contribution in [0.1, 0.15) is 11.1 Å². The summed E-state index contributed by atoms with van der Waals surface area (Å²) in [4.78, 5) is 13.3. The molecule has 0 bridgehead atoms. The van der Waals surface area contributed by atoms with Gasteiger partial charge in [-0.3, -0.25) is 0 Å². The highest BCUT2D eigenvalue weighted by Gasteiger charge is 2.20. The van der Waals surface area contributed by atoms with Gasteiger partial charge in [-0.2, -0.15) is 0 Å². The van der Waals surface area contributed by atoms with Crippen LogP contribution in [-0.2, 0) is 12.8 Å². The lowest BCUT2D eigenvalue weighted by molar-refractivity contribution is 0.311. The van der Waals surface area contributed by atoms with Crippen LogP contribution in [0, 0.1) is 11.6 Å². The Labute approximate surface area is 209 Å². The number of aromatic nitrogens is 2. The molecule has 0 spiro atoms. The van der Waals surface area contributed by atoms with E-state index in [-0.39, 0.29) is 23.5 Å². The largest absolute Gasteiger partial charge is 0.495 e. The quantitative estimate of drug-likeness (QED) is 0.473. The minimum atomic E-state index is -0.732. The van der Waals surface area contributed by atoms with Crippen LogP contribution < -0.4 is 24.4 Å². The number of ether oxygens (including phenoxy) is 3. The Morgan fingerprint density at radius 3 is 2.03 bits per heavy atom. The van der Waals surface area contributed by atoms with E-state index in [0.29, 0.717) is 12.4 Å². The molecule has 3 aromatic rings. The number of nitrogens with one attached hydrogen (secondary N) is 1. The number of nitrogens with zero attached hydrogens (tertiary/aromatic N) is 4. The van der Waals surface area contributed by atoms with Gasteiger partial charge in [-0.15, -0.1) is 0 Å². The number of halogens is 2. The summed E-state index contributed by atoms with van der Waals surface area (Å²) in [5.74, 6) is -0.401. The first kappa shape index (κ1) is 25.4. The molecule has 1 N–H and O–H groups in total. The van der Waals surface area contributed by atoms with Gasteiger partial charge in [-0.1, -0.05) is 0 Å². The average molecular weight is 500 g/mol. The fourth-order valence-electron chi connectivity index (χ4n) is 4.17. The zero-order valence-corrected chi connectivity index (χ0v) is 21.0. The van der Waals surface area contributed by atoms with Gasteiger partial charge >= 0.3 is 0 Å². The molecule has 1 fully saturated rings. The number of anilines is 3. The molecular weight excluding hydrogens is 468 g/mol. The Hall–Kier alpha value is -3.66. The van der Waals surface area contributed by atoms with Gasteiger partial charge in [0.1, 0.15) is 5.75 Å². The second kappa shape index (κ2) is 11.4. The zero-order chi connectivity index (χ0) is 25.7. The number of likely N-dealkylation sites (N-methyl/N-ethyl adjacent to an activating group) is 1. The second-order valence-electron chi connectivity index (χ2n) is 8.60. The van der Waals surface area contributed by atoms with Crippen LogP contribution in [0.4, 0.5) is 26.1 Å².